The Balaban J connectivity index is 1.91. The minimum Gasteiger partial charge on any atom is -0.270 e. The van der Waals surface area contributed by atoms with Crippen molar-refractivity contribution in [1.29, 1.82) is 0 Å². The number of rotatable bonds is 5. The van der Waals surface area contributed by atoms with Crippen LogP contribution in [-0.2, 0) is 19.6 Å². The Morgan fingerprint density at radius 2 is 1.74 bits per heavy atom. The van der Waals surface area contributed by atoms with E-state index < -0.39 is 34.4 Å². The van der Waals surface area contributed by atoms with Crippen LogP contribution in [0.1, 0.15) is 18.1 Å². The predicted molar refractivity (Wildman–Crippen MR) is 122 cm³/mol. The van der Waals surface area contributed by atoms with Crippen LogP contribution in [0.2, 0.25) is 0 Å². The molecule has 0 spiro atoms. The molecule has 1 aliphatic heterocycles. The largest absolute Gasteiger partial charge is 0.289 e. The zero-order valence-electron chi connectivity index (χ0n) is 18.2. The molecular formula is C22H26N4O4S. The van der Waals surface area contributed by atoms with Gasteiger partial charge in [-0.05, 0) is 50.1 Å². The van der Waals surface area contributed by atoms with E-state index in [9.17, 15) is 18.0 Å². The molecule has 8 nitrogen and oxygen atoms in total. The Morgan fingerprint density at radius 3 is 2.35 bits per heavy atom. The lowest BCUT2D eigenvalue weighted by Crippen LogP contribution is -2.38. The van der Waals surface area contributed by atoms with Gasteiger partial charge in [-0.3, -0.25) is 13.9 Å². The van der Waals surface area contributed by atoms with Gasteiger partial charge in [0.1, 0.15) is 12.3 Å². The Bertz CT molecular complexity index is 1150. The van der Waals surface area contributed by atoms with Crippen molar-refractivity contribution in [2.24, 2.45) is 4.99 Å². The molecule has 1 fully saturated rings. The molecule has 2 aromatic rings. The van der Waals surface area contributed by atoms with Crippen molar-refractivity contribution >= 4 is 38.9 Å². The fraction of sp³-hybridized carbons (Fsp3) is 0.318. The molecule has 0 radical (unpaired) electrons. The van der Waals surface area contributed by atoms with E-state index in [0.29, 0.717) is 11.4 Å². The average Bonchev–Trinajstić information content (AvgIpc) is 2.91. The van der Waals surface area contributed by atoms with Crippen molar-refractivity contribution in [3.05, 3.63) is 59.7 Å². The Hall–Kier alpha value is -3.04. The quantitative estimate of drug-likeness (QED) is 0.709. The van der Waals surface area contributed by atoms with Gasteiger partial charge in [0.05, 0.1) is 23.7 Å². The van der Waals surface area contributed by atoms with Crippen LogP contribution in [0.15, 0.2) is 53.5 Å². The van der Waals surface area contributed by atoms with E-state index in [4.69, 9.17) is 0 Å². The summed E-state index contributed by atoms with van der Waals surface area (Å²) >= 11 is 0. The normalized spacial score (nSPS) is 18.6. The topological polar surface area (TPSA) is 90.4 Å². The first kappa shape index (κ1) is 22.6. The van der Waals surface area contributed by atoms with Gasteiger partial charge in [0.25, 0.3) is 11.8 Å². The first-order valence-electron chi connectivity index (χ1n) is 9.80. The van der Waals surface area contributed by atoms with Gasteiger partial charge in [0, 0.05) is 7.05 Å². The second-order valence-corrected chi connectivity index (χ2v) is 9.49. The van der Waals surface area contributed by atoms with Gasteiger partial charge in [-0.25, -0.2) is 23.4 Å². The van der Waals surface area contributed by atoms with Crippen molar-refractivity contribution in [3.8, 4) is 0 Å². The number of hydrazine groups is 1. The number of hydrogen-bond donors (Lipinski definition) is 0. The molecule has 0 aromatic heterocycles. The summed E-state index contributed by atoms with van der Waals surface area (Å²) < 4.78 is 25.9. The number of hydrogen-bond acceptors (Lipinski definition) is 5. The van der Waals surface area contributed by atoms with Gasteiger partial charge < -0.3 is 0 Å². The number of para-hydroxylation sites is 1. The van der Waals surface area contributed by atoms with Crippen molar-refractivity contribution < 1.29 is 18.0 Å². The van der Waals surface area contributed by atoms with Crippen molar-refractivity contribution in [1.82, 2.24) is 5.01 Å². The number of carbonyl (C=O) groups is 2. The molecule has 31 heavy (non-hydrogen) atoms. The fourth-order valence-electron chi connectivity index (χ4n) is 3.47. The number of aliphatic imine (C=N–C) groups is 1. The molecule has 3 rings (SSSR count). The van der Waals surface area contributed by atoms with Gasteiger partial charge in [-0.2, -0.15) is 0 Å². The number of benzene rings is 2. The fourth-order valence-corrected chi connectivity index (χ4v) is 4.37. The third-order valence-electron chi connectivity index (χ3n) is 5.45. The van der Waals surface area contributed by atoms with Crippen LogP contribution in [0, 0.1) is 13.8 Å². The van der Waals surface area contributed by atoms with Crippen LogP contribution in [0.3, 0.4) is 0 Å². The second-order valence-electron chi connectivity index (χ2n) is 7.58. The monoisotopic (exact) mass is 442 g/mol. The molecule has 1 heterocycles. The van der Waals surface area contributed by atoms with Crippen molar-refractivity contribution in [2.45, 2.75) is 26.8 Å². The summed E-state index contributed by atoms with van der Waals surface area (Å²) in [6.07, 6.45) is 1.05. The van der Waals surface area contributed by atoms with Crippen LogP contribution in [0.5, 0.6) is 0 Å². The molecule has 0 bridgehead atoms. The Labute approximate surface area is 182 Å². The van der Waals surface area contributed by atoms with Gasteiger partial charge >= 0.3 is 0 Å². The number of amides is 2. The second kappa shape index (κ2) is 8.60. The first-order chi connectivity index (χ1) is 14.5. The highest BCUT2D eigenvalue weighted by Crippen LogP contribution is 2.26. The van der Waals surface area contributed by atoms with Gasteiger partial charge in [0.2, 0.25) is 10.0 Å². The summed E-state index contributed by atoms with van der Waals surface area (Å²) in [7, 11) is -2.00. The van der Waals surface area contributed by atoms with Crippen LogP contribution in [0.4, 0.5) is 11.4 Å². The molecular weight excluding hydrogens is 416 g/mol. The minimum absolute atomic E-state index is 0.0748. The molecule has 164 valence electrons. The maximum absolute atomic E-state index is 13.0. The van der Waals surface area contributed by atoms with Crippen LogP contribution in [0.25, 0.3) is 0 Å². The molecule has 9 heteroatoms. The van der Waals surface area contributed by atoms with Crippen molar-refractivity contribution in [2.75, 3.05) is 29.2 Å². The van der Waals surface area contributed by atoms with Crippen molar-refractivity contribution in [3.63, 3.8) is 0 Å². The zero-order valence-corrected chi connectivity index (χ0v) is 19.0. The lowest BCUT2D eigenvalue weighted by molar-refractivity contribution is -0.117. The van der Waals surface area contributed by atoms with Gasteiger partial charge in [0.15, 0.2) is 0 Å². The molecule has 0 aliphatic carbocycles. The minimum atomic E-state index is -3.74. The highest BCUT2D eigenvalue weighted by molar-refractivity contribution is 7.92. The zero-order chi connectivity index (χ0) is 22.9. The van der Waals surface area contributed by atoms with E-state index in [-0.39, 0.29) is 5.71 Å². The lowest BCUT2D eigenvalue weighted by Gasteiger charge is -2.25. The summed E-state index contributed by atoms with van der Waals surface area (Å²) in [4.78, 5) is 29.8. The van der Waals surface area contributed by atoms with Crippen LogP contribution < -0.4 is 9.31 Å². The number of sulfonamides is 1. The number of carbonyl (C=O) groups excluding carboxylic acids is 2. The lowest BCUT2D eigenvalue weighted by atomic mass is 10.1. The standard InChI is InChI=1S/C22H26N4O4S/c1-15-10-9-13-19(16(15)2)25(31(5,29)30)14-20(27)23-21-17(3)24(4)26(22(21)28)18-11-7-6-8-12-18/h6-13,17H,14H2,1-5H3. The summed E-state index contributed by atoms with van der Waals surface area (Å²) in [6.45, 7) is 4.95. The molecule has 0 saturated carbocycles. The SMILES string of the molecule is Cc1cccc(N(CC(=O)N=C2C(=O)N(c3ccccc3)N(C)C2C)S(C)(=O)=O)c1C. The third kappa shape index (κ3) is 4.52. The van der Waals surface area contributed by atoms with Crippen LogP contribution in [-0.4, -0.2) is 56.8 Å². The molecule has 2 amide bonds. The third-order valence-corrected chi connectivity index (χ3v) is 6.58. The maximum Gasteiger partial charge on any atom is 0.289 e. The van der Waals surface area contributed by atoms with E-state index in [1.54, 1.807) is 50.2 Å². The highest BCUT2D eigenvalue weighted by atomic mass is 32.2. The predicted octanol–water partition coefficient (Wildman–Crippen LogP) is 2.32. The average molecular weight is 443 g/mol. The molecule has 1 saturated heterocycles. The Kier molecular flexibility index (Phi) is 6.28. The van der Waals surface area contributed by atoms with E-state index in [0.717, 1.165) is 21.7 Å². The van der Waals surface area contributed by atoms with E-state index in [1.165, 1.54) is 5.01 Å². The summed E-state index contributed by atoms with van der Waals surface area (Å²) in [5.74, 6) is -1.11. The first-order valence-corrected chi connectivity index (χ1v) is 11.6. The molecule has 1 aliphatic rings. The maximum atomic E-state index is 13.0. The summed E-state index contributed by atoms with van der Waals surface area (Å²) in [6, 6.07) is 13.9. The summed E-state index contributed by atoms with van der Waals surface area (Å²) in [5, 5.41) is 3.15. The molecule has 1 atom stereocenters. The smallest absolute Gasteiger partial charge is 0.270 e. The van der Waals surface area contributed by atoms with Crippen LogP contribution >= 0.6 is 0 Å². The number of nitrogens with zero attached hydrogens (tertiary/aromatic N) is 4. The Morgan fingerprint density at radius 1 is 1.10 bits per heavy atom. The highest BCUT2D eigenvalue weighted by Gasteiger charge is 2.40. The van der Waals surface area contributed by atoms with Gasteiger partial charge in [-0.1, -0.05) is 30.3 Å². The van der Waals surface area contributed by atoms with E-state index in [1.807, 2.05) is 31.2 Å². The molecule has 1 unspecified atom stereocenters. The number of anilines is 2. The molecule has 2 aromatic carbocycles. The van der Waals surface area contributed by atoms with E-state index >= 15 is 0 Å². The number of aryl methyl sites for hydroxylation is 1. The summed E-state index contributed by atoms with van der Waals surface area (Å²) in [5.41, 5.74) is 2.82. The van der Waals surface area contributed by atoms with Gasteiger partial charge in [-0.15, -0.1) is 0 Å². The molecule has 0 N–H and O–H groups in total. The van der Waals surface area contributed by atoms with E-state index in [2.05, 4.69) is 4.99 Å².